The number of rotatable bonds is 4. The van der Waals surface area contributed by atoms with Crippen molar-refractivity contribution in [3.8, 4) is 5.75 Å². The number of ether oxygens (including phenoxy) is 1. The average molecular weight is 350 g/mol. The van der Waals surface area contributed by atoms with Gasteiger partial charge in [-0.25, -0.2) is 0 Å². The molecule has 1 fully saturated rings. The first kappa shape index (κ1) is 15.5. The van der Waals surface area contributed by atoms with E-state index in [9.17, 15) is 0 Å². The Morgan fingerprint density at radius 3 is 2.96 bits per heavy atom. The first-order chi connectivity index (χ1) is 12.7. The Morgan fingerprint density at radius 1 is 1.23 bits per heavy atom. The quantitative estimate of drug-likeness (QED) is 0.720. The van der Waals surface area contributed by atoms with Crippen LogP contribution in [0.15, 0.2) is 18.6 Å². The van der Waals surface area contributed by atoms with Gasteiger partial charge in [0.25, 0.3) is 0 Å². The second-order valence-electron chi connectivity index (χ2n) is 7.38. The van der Waals surface area contributed by atoms with Gasteiger partial charge in [-0.1, -0.05) is 0 Å². The van der Waals surface area contributed by atoms with Gasteiger partial charge in [0.1, 0.15) is 12.1 Å². The largest absolute Gasteiger partial charge is 0.492 e. The van der Waals surface area contributed by atoms with Crippen molar-refractivity contribution in [1.82, 2.24) is 24.8 Å². The third kappa shape index (κ3) is 2.67. The van der Waals surface area contributed by atoms with Gasteiger partial charge in [0, 0.05) is 36.3 Å². The molecule has 134 valence electrons. The molecular formula is C19H22N6O. The van der Waals surface area contributed by atoms with Gasteiger partial charge >= 0.3 is 0 Å². The molecule has 1 aliphatic carbocycles. The fourth-order valence-corrected chi connectivity index (χ4v) is 3.53. The van der Waals surface area contributed by atoms with Gasteiger partial charge in [-0.15, -0.1) is 15.3 Å². The number of anilines is 1. The third-order valence-corrected chi connectivity index (χ3v) is 5.46. The van der Waals surface area contributed by atoms with Crippen molar-refractivity contribution in [3.63, 3.8) is 0 Å². The van der Waals surface area contributed by atoms with Gasteiger partial charge in [0.2, 0.25) is 0 Å². The minimum atomic E-state index is 0.743. The maximum Gasteiger partial charge on any atom is 0.180 e. The molecule has 0 bridgehead atoms. The van der Waals surface area contributed by atoms with Crippen molar-refractivity contribution in [2.45, 2.75) is 39.7 Å². The lowest BCUT2D eigenvalue weighted by molar-refractivity contribution is 0.298. The van der Waals surface area contributed by atoms with Crippen molar-refractivity contribution in [3.05, 3.63) is 41.0 Å². The van der Waals surface area contributed by atoms with Crippen LogP contribution in [0.25, 0.3) is 5.65 Å². The molecule has 5 rings (SSSR count). The van der Waals surface area contributed by atoms with E-state index in [2.05, 4.69) is 40.0 Å². The van der Waals surface area contributed by atoms with Crippen LogP contribution in [-0.4, -0.2) is 37.9 Å². The molecule has 0 spiro atoms. The molecule has 0 N–H and O–H groups in total. The van der Waals surface area contributed by atoms with Crippen LogP contribution in [0.3, 0.4) is 0 Å². The standard InChI is InChI=1S/C19H22N6O/c1-12-13(2)19(23-25-11-21-22-18(12)25)24-6-5-17-15(9-24)7-16(8-20-17)26-10-14-3-4-14/h7-8,11,14H,3-6,9-10H2,1-2H3. The number of hydrogen-bond acceptors (Lipinski definition) is 6. The van der Waals surface area contributed by atoms with E-state index in [4.69, 9.17) is 9.84 Å². The average Bonchev–Trinajstić information content (AvgIpc) is 3.37. The van der Waals surface area contributed by atoms with E-state index in [-0.39, 0.29) is 0 Å². The van der Waals surface area contributed by atoms with Crippen molar-refractivity contribution >= 4 is 11.5 Å². The fraction of sp³-hybridized carbons (Fsp3) is 0.474. The van der Waals surface area contributed by atoms with E-state index in [0.717, 1.165) is 60.4 Å². The summed E-state index contributed by atoms with van der Waals surface area (Å²) in [6.45, 7) is 6.70. The highest BCUT2D eigenvalue weighted by atomic mass is 16.5. The maximum absolute atomic E-state index is 5.91. The second-order valence-corrected chi connectivity index (χ2v) is 7.38. The molecule has 0 atom stereocenters. The predicted octanol–water partition coefficient (Wildman–Crippen LogP) is 2.49. The van der Waals surface area contributed by atoms with Crippen LogP contribution in [0.4, 0.5) is 5.82 Å². The monoisotopic (exact) mass is 350 g/mol. The molecule has 0 aromatic carbocycles. The normalized spacial score (nSPS) is 16.8. The summed E-state index contributed by atoms with van der Waals surface area (Å²) in [5.74, 6) is 2.62. The van der Waals surface area contributed by atoms with Crippen LogP contribution in [0, 0.1) is 19.8 Å². The second kappa shape index (κ2) is 5.93. The van der Waals surface area contributed by atoms with Gasteiger partial charge in [0.15, 0.2) is 11.5 Å². The number of aromatic nitrogens is 5. The summed E-state index contributed by atoms with van der Waals surface area (Å²) in [4.78, 5) is 6.95. The molecule has 7 heteroatoms. The molecule has 3 aromatic heterocycles. The molecule has 2 aliphatic rings. The van der Waals surface area contributed by atoms with Crippen LogP contribution < -0.4 is 9.64 Å². The lowest BCUT2D eigenvalue weighted by atomic mass is 10.0. The van der Waals surface area contributed by atoms with Gasteiger partial charge in [0.05, 0.1) is 12.8 Å². The molecule has 7 nitrogen and oxygen atoms in total. The van der Waals surface area contributed by atoms with E-state index in [1.54, 1.807) is 10.8 Å². The van der Waals surface area contributed by atoms with Crippen LogP contribution in [0.1, 0.15) is 35.2 Å². The molecule has 0 amide bonds. The van der Waals surface area contributed by atoms with Crippen molar-refractivity contribution in [2.75, 3.05) is 18.1 Å². The predicted molar refractivity (Wildman–Crippen MR) is 97.5 cm³/mol. The topological polar surface area (TPSA) is 68.4 Å². The number of fused-ring (bicyclic) bond motifs is 2. The number of pyridine rings is 1. The summed E-state index contributed by atoms with van der Waals surface area (Å²) in [6.07, 6.45) is 7.03. The molecule has 4 heterocycles. The Labute approximate surface area is 152 Å². The Bertz CT molecular complexity index is 978. The zero-order valence-electron chi connectivity index (χ0n) is 15.1. The summed E-state index contributed by atoms with van der Waals surface area (Å²) in [5, 5.41) is 12.9. The van der Waals surface area contributed by atoms with E-state index in [0.29, 0.717) is 0 Å². The molecule has 0 unspecified atom stereocenters. The van der Waals surface area contributed by atoms with Crippen molar-refractivity contribution in [2.24, 2.45) is 5.92 Å². The van der Waals surface area contributed by atoms with Crippen LogP contribution in [0.2, 0.25) is 0 Å². The highest BCUT2D eigenvalue weighted by Gasteiger charge is 2.24. The zero-order valence-corrected chi connectivity index (χ0v) is 15.1. The molecule has 26 heavy (non-hydrogen) atoms. The Hall–Kier alpha value is -2.70. The van der Waals surface area contributed by atoms with Crippen molar-refractivity contribution in [1.29, 1.82) is 0 Å². The molecular weight excluding hydrogens is 328 g/mol. The molecule has 3 aromatic rings. The number of hydrogen-bond donors (Lipinski definition) is 0. The molecule has 0 saturated heterocycles. The van der Waals surface area contributed by atoms with E-state index < -0.39 is 0 Å². The Morgan fingerprint density at radius 2 is 2.12 bits per heavy atom. The summed E-state index contributed by atoms with van der Waals surface area (Å²) in [6, 6.07) is 2.15. The molecule has 1 saturated carbocycles. The summed E-state index contributed by atoms with van der Waals surface area (Å²) in [5.41, 5.74) is 5.49. The SMILES string of the molecule is Cc1c(N2CCc3ncc(OCC4CC4)cc3C2)nn2cnnc2c1C. The first-order valence-electron chi connectivity index (χ1n) is 9.22. The van der Waals surface area contributed by atoms with Crippen molar-refractivity contribution < 1.29 is 4.74 Å². The summed E-state index contributed by atoms with van der Waals surface area (Å²) in [7, 11) is 0. The zero-order chi connectivity index (χ0) is 17.7. The summed E-state index contributed by atoms with van der Waals surface area (Å²) >= 11 is 0. The van der Waals surface area contributed by atoms with E-state index in [1.165, 1.54) is 24.1 Å². The number of nitrogens with zero attached hydrogens (tertiary/aromatic N) is 6. The van der Waals surface area contributed by atoms with Gasteiger partial charge in [-0.2, -0.15) is 4.52 Å². The lowest BCUT2D eigenvalue weighted by Gasteiger charge is -2.30. The van der Waals surface area contributed by atoms with Gasteiger partial charge < -0.3 is 9.64 Å². The van der Waals surface area contributed by atoms with E-state index >= 15 is 0 Å². The third-order valence-electron chi connectivity index (χ3n) is 5.46. The fourth-order valence-electron chi connectivity index (χ4n) is 3.53. The highest BCUT2D eigenvalue weighted by molar-refractivity contribution is 5.59. The minimum Gasteiger partial charge on any atom is -0.492 e. The molecule has 1 aliphatic heterocycles. The van der Waals surface area contributed by atoms with Gasteiger partial charge in [-0.3, -0.25) is 4.98 Å². The summed E-state index contributed by atoms with van der Waals surface area (Å²) < 4.78 is 7.67. The molecule has 0 radical (unpaired) electrons. The maximum atomic E-state index is 5.91. The van der Waals surface area contributed by atoms with Crippen LogP contribution >= 0.6 is 0 Å². The Balaban J connectivity index is 1.44. The highest BCUT2D eigenvalue weighted by Crippen LogP contribution is 2.31. The van der Waals surface area contributed by atoms with E-state index in [1.807, 2.05) is 6.20 Å². The Kier molecular flexibility index (Phi) is 3.55. The smallest absolute Gasteiger partial charge is 0.180 e. The van der Waals surface area contributed by atoms with Gasteiger partial charge in [-0.05, 0) is 44.2 Å². The number of aryl methyl sites for hydroxylation is 1. The first-order valence-corrected chi connectivity index (χ1v) is 9.22. The van der Waals surface area contributed by atoms with Crippen LogP contribution in [0.5, 0.6) is 5.75 Å². The van der Waals surface area contributed by atoms with Crippen LogP contribution in [-0.2, 0) is 13.0 Å². The lowest BCUT2D eigenvalue weighted by Crippen LogP contribution is -2.32. The minimum absolute atomic E-state index is 0.743.